The number of carbonyl (C=O) groups is 1. The van der Waals surface area contributed by atoms with Crippen LogP contribution < -0.4 is 0 Å². The van der Waals surface area contributed by atoms with Gasteiger partial charge in [0.15, 0.2) is 0 Å². The van der Waals surface area contributed by atoms with Crippen LogP contribution in [0.5, 0.6) is 0 Å². The lowest BCUT2D eigenvalue weighted by Crippen LogP contribution is -2.38. The second-order valence-corrected chi connectivity index (χ2v) is 5.18. The fraction of sp³-hybridized carbons (Fsp3) is 0.462. The van der Waals surface area contributed by atoms with Crippen molar-refractivity contribution in [2.75, 3.05) is 6.54 Å². The van der Waals surface area contributed by atoms with Crippen LogP contribution in [0.2, 0.25) is 5.02 Å². The van der Waals surface area contributed by atoms with Crippen molar-refractivity contribution >= 4 is 33.4 Å². The topological polar surface area (TPSA) is 20.3 Å². The molecule has 0 radical (unpaired) electrons. The molecule has 1 aromatic rings. The van der Waals surface area contributed by atoms with Crippen LogP contribution in [0.1, 0.15) is 37.6 Å². The minimum atomic E-state index is -0.00634. The van der Waals surface area contributed by atoms with Crippen molar-refractivity contribution in [3.8, 4) is 0 Å². The maximum Gasteiger partial charge on any atom is 0.255 e. The van der Waals surface area contributed by atoms with Gasteiger partial charge in [-0.25, -0.2) is 0 Å². The van der Waals surface area contributed by atoms with Crippen molar-refractivity contribution in [1.82, 2.24) is 4.90 Å². The van der Waals surface area contributed by atoms with Crippen molar-refractivity contribution in [1.29, 1.82) is 0 Å². The monoisotopic (exact) mass is 317 g/mol. The van der Waals surface area contributed by atoms with Gasteiger partial charge >= 0.3 is 0 Å². The van der Waals surface area contributed by atoms with Gasteiger partial charge in [0.2, 0.25) is 0 Å². The molecule has 17 heavy (non-hydrogen) atoms. The highest BCUT2D eigenvalue weighted by atomic mass is 79.9. The van der Waals surface area contributed by atoms with Gasteiger partial charge in [-0.2, -0.15) is 0 Å². The first-order valence-corrected chi connectivity index (χ1v) is 6.94. The van der Waals surface area contributed by atoms with E-state index < -0.39 is 0 Å². The molecular weight excluding hydrogens is 302 g/mol. The summed E-state index contributed by atoms with van der Waals surface area (Å²) in [4.78, 5) is 14.2. The summed E-state index contributed by atoms with van der Waals surface area (Å²) in [5.74, 6) is -0.00634. The van der Waals surface area contributed by atoms with E-state index in [0.717, 1.165) is 10.9 Å². The molecule has 0 aliphatic heterocycles. The van der Waals surface area contributed by atoms with Crippen LogP contribution in [0.4, 0.5) is 0 Å². The lowest BCUT2D eigenvalue weighted by molar-refractivity contribution is 0.0700. The third-order valence-corrected chi connectivity index (χ3v) is 4.20. The second-order valence-electron chi connectivity index (χ2n) is 3.95. The predicted molar refractivity (Wildman–Crippen MR) is 75.6 cm³/mol. The highest BCUT2D eigenvalue weighted by Crippen LogP contribution is 2.27. The molecule has 1 amide bonds. The normalized spacial score (nSPS) is 12.3. The number of hydrogen-bond donors (Lipinski definition) is 0. The molecule has 1 atom stereocenters. The average molecular weight is 319 g/mol. The highest BCUT2D eigenvalue weighted by molar-refractivity contribution is 9.10. The molecule has 94 valence electrons. The van der Waals surface area contributed by atoms with Crippen molar-refractivity contribution in [3.05, 3.63) is 33.3 Å². The smallest absolute Gasteiger partial charge is 0.255 e. The summed E-state index contributed by atoms with van der Waals surface area (Å²) in [6.45, 7) is 6.79. The third kappa shape index (κ3) is 3.23. The lowest BCUT2D eigenvalue weighted by Gasteiger charge is -2.27. The van der Waals surface area contributed by atoms with E-state index in [1.165, 1.54) is 0 Å². The van der Waals surface area contributed by atoms with E-state index in [1.807, 2.05) is 30.9 Å². The van der Waals surface area contributed by atoms with Crippen LogP contribution >= 0.6 is 27.5 Å². The Labute approximate surface area is 116 Å². The van der Waals surface area contributed by atoms with Gasteiger partial charge in [0.25, 0.3) is 5.91 Å². The first-order valence-electron chi connectivity index (χ1n) is 5.77. The summed E-state index contributed by atoms with van der Waals surface area (Å²) in [6, 6.07) is 5.65. The molecule has 0 aromatic heterocycles. The van der Waals surface area contributed by atoms with Gasteiger partial charge in [-0.1, -0.05) is 24.6 Å². The lowest BCUT2D eigenvalue weighted by atomic mass is 10.1. The van der Waals surface area contributed by atoms with Gasteiger partial charge in [-0.15, -0.1) is 0 Å². The van der Waals surface area contributed by atoms with Gasteiger partial charge < -0.3 is 4.90 Å². The zero-order chi connectivity index (χ0) is 13.0. The van der Waals surface area contributed by atoms with Gasteiger partial charge in [-0.3, -0.25) is 4.79 Å². The number of nitrogens with zero attached hydrogens (tertiary/aromatic N) is 1. The molecule has 1 unspecified atom stereocenters. The van der Waals surface area contributed by atoms with Crippen molar-refractivity contribution < 1.29 is 4.79 Å². The summed E-state index contributed by atoms with van der Waals surface area (Å²) >= 11 is 9.48. The zero-order valence-corrected chi connectivity index (χ0v) is 12.7. The number of carbonyl (C=O) groups excluding carboxylic acids is 1. The van der Waals surface area contributed by atoms with E-state index in [9.17, 15) is 4.79 Å². The molecule has 0 bridgehead atoms. The average Bonchev–Trinajstić information content (AvgIpc) is 2.33. The molecule has 1 rings (SSSR count). The Bertz CT molecular complexity index is 408. The standard InChI is InChI=1S/C13H17BrClNO/c1-4-9(3)16(5-2)13(17)10-7-6-8-11(14)12(10)15/h6-9H,4-5H2,1-3H3. The van der Waals surface area contributed by atoms with Gasteiger partial charge in [0, 0.05) is 17.1 Å². The van der Waals surface area contributed by atoms with Crippen molar-refractivity contribution in [2.24, 2.45) is 0 Å². The zero-order valence-electron chi connectivity index (χ0n) is 10.3. The Morgan fingerprint density at radius 2 is 2.12 bits per heavy atom. The van der Waals surface area contributed by atoms with Crippen LogP contribution in [0.3, 0.4) is 0 Å². The first-order chi connectivity index (χ1) is 8.02. The summed E-state index contributed by atoms with van der Waals surface area (Å²) in [5.41, 5.74) is 0.559. The van der Waals surface area contributed by atoms with Crippen LogP contribution in [0.25, 0.3) is 0 Å². The maximum atomic E-state index is 12.4. The summed E-state index contributed by atoms with van der Waals surface area (Å²) in [6.07, 6.45) is 0.936. The SMILES string of the molecule is CCC(C)N(CC)C(=O)c1cccc(Br)c1Cl. The summed E-state index contributed by atoms with van der Waals surface area (Å²) in [7, 11) is 0. The molecule has 0 fully saturated rings. The van der Waals surface area contributed by atoms with E-state index in [1.54, 1.807) is 6.07 Å². The molecule has 2 nitrogen and oxygen atoms in total. The minimum absolute atomic E-state index is 0.00634. The number of hydrogen-bond acceptors (Lipinski definition) is 1. The molecule has 0 spiro atoms. The predicted octanol–water partition coefficient (Wildman–Crippen LogP) is 4.36. The summed E-state index contributed by atoms with van der Waals surface area (Å²) in [5, 5.41) is 0.485. The van der Waals surface area contributed by atoms with Crippen LogP contribution in [-0.4, -0.2) is 23.4 Å². The van der Waals surface area contributed by atoms with Gasteiger partial charge in [0.05, 0.1) is 10.6 Å². The molecule has 1 aromatic carbocycles. The Balaban J connectivity index is 3.06. The Hall–Kier alpha value is -0.540. The molecule has 0 saturated carbocycles. The van der Waals surface area contributed by atoms with E-state index in [2.05, 4.69) is 22.9 Å². The molecule has 0 saturated heterocycles. The van der Waals surface area contributed by atoms with E-state index in [-0.39, 0.29) is 11.9 Å². The Morgan fingerprint density at radius 1 is 1.47 bits per heavy atom. The second kappa shape index (κ2) is 6.41. The number of rotatable bonds is 4. The van der Waals surface area contributed by atoms with E-state index in [4.69, 9.17) is 11.6 Å². The molecule has 0 aliphatic carbocycles. The third-order valence-electron chi connectivity index (χ3n) is 2.91. The largest absolute Gasteiger partial charge is 0.336 e. The number of halogens is 2. The Kier molecular flexibility index (Phi) is 5.47. The van der Waals surface area contributed by atoms with E-state index in [0.29, 0.717) is 17.1 Å². The highest BCUT2D eigenvalue weighted by Gasteiger charge is 2.21. The molecule has 0 aliphatic rings. The van der Waals surface area contributed by atoms with Crippen LogP contribution in [0.15, 0.2) is 22.7 Å². The van der Waals surface area contributed by atoms with Crippen LogP contribution in [0, 0.1) is 0 Å². The van der Waals surface area contributed by atoms with Crippen molar-refractivity contribution in [3.63, 3.8) is 0 Å². The van der Waals surface area contributed by atoms with Crippen molar-refractivity contribution in [2.45, 2.75) is 33.2 Å². The first kappa shape index (κ1) is 14.5. The fourth-order valence-corrected chi connectivity index (χ4v) is 2.27. The minimum Gasteiger partial charge on any atom is -0.336 e. The molecular formula is C13H17BrClNO. The molecule has 0 heterocycles. The quantitative estimate of drug-likeness (QED) is 0.807. The maximum absolute atomic E-state index is 12.4. The number of benzene rings is 1. The molecule has 0 N–H and O–H groups in total. The molecule has 4 heteroatoms. The van der Waals surface area contributed by atoms with Crippen LogP contribution in [-0.2, 0) is 0 Å². The fourth-order valence-electron chi connectivity index (χ4n) is 1.70. The Morgan fingerprint density at radius 3 is 2.65 bits per heavy atom. The van der Waals surface area contributed by atoms with E-state index >= 15 is 0 Å². The summed E-state index contributed by atoms with van der Waals surface area (Å²) < 4.78 is 0.755. The number of amides is 1. The van der Waals surface area contributed by atoms with Gasteiger partial charge in [0.1, 0.15) is 0 Å². The van der Waals surface area contributed by atoms with Gasteiger partial charge in [-0.05, 0) is 48.3 Å².